The minimum absolute atomic E-state index is 0.0105. The molecule has 1 heterocycles. The van der Waals surface area contributed by atoms with Crippen molar-refractivity contribution in [3.63, 3.8) is 0 Å². The largest absolute Gasteiger partial charge is 0.481 e. The van der Waals surface area contributed by atoms with Gasteiger partial charge in [0.25, 0.3) is 0 Å². The molecule has 0 spiro atoms. The Kier molecular flexibility index (Phi) is 5.99. The number of aromatic nitrogens is 2. The summed E-state index contributed by atoms with van der Waals surface area (Å²) in [6.45, 7) is 0.246. The van der Waals surface area contributed by atoms with Gasteiger partial charge < -0.3 is 14.9 Å². The molecule has 0 radical (unpaired) electrons. The summed E-state index contributed by atoms with van der Waals surface area (Å²) < 4.78 is 4.72. The van der Waals surface area contributed by atoms with Crippen molar-refractivity contribution in [3.05, 3.63) is 12.2 Å². The molecule has 1 aromatic rings. The first-order valence-electron chi connectivity index (χ1n) is 5.63. The summed E-state index contributed by atoms with van der Waals surface area (Å²) in [5.41, 5.74) is 0. The van der Waals surface area contributed by atoms with Gasteiger partial charge in [-0.25, -0.2) is 4.79 Å². The van der Waals surface area contributed by atoms with Crippen molar-refractivity contribution in [3.8, 4) is 0 Å². The quantitative estimate of drug-likeness (QED) is 0.618. The van der Waals surface area contributed by atoms with Crippen LogP contribution in [-0.2, 0) is 16.0 Å². The second-order valence-electron chi connectivity index (χ2n) is 3.64. The average molecular weight is 270 g/mol. The Hall–Kier alpha value is -2.45. The standard InChI is InChI=1S/C10H14N4O5/c15-7(2-1-3-9(16)17)14-10(18)11-5-4-8-12-6-13-19-8/h6H,1-5H2,(H,16,17)(H2,11,14,15,18). The number of nitrogens with one attached hydrogen (secondary N) is 2. The van der Waals surface area contributed by atoms with E-state index in [1.54, 1.807) is 0 Å². The number of hydrogen-bond acceptors (Lipinski definition) is 6. The average Bonchev–Trinajstić information content (AvgIpc) is 2.81. The molecule has 0 aromatic carbocycles. The molecule has 3 amide bonds. The normalized spacial score (nSPS) is 9.89. The highest BCUT2D eigenvalue weighted by molar-refractivity contribution is 5.94. The van der Waals surface area contributed by atoms with Gasteiger partial charge in [0.05, 0.1) is 0 Å². The van der Waals surface area contributed by atoms with E-state index in [1.165, 1.54) is 6.33 Å². The van der Waals surface area contributed by atoms with Gasteiger partial charge >= 0.3 is 12.0 Å². The van der Waals surface area contributed by atoms with Gasteiger partial charge in [0, 0.05) is 25.8 Å². The number of nitrogens with zero attached hydrogens (tertiary/aromatic N) is 2. The van der Waals surface area contributed by atoms with Crippen LogP contribution in [0.25, 0.3) is 0 Å². The molecule has 0 unspecified atom stereocenters. The Labute approximate surface area is 108 Å². The Morgan fingerprint density at radius 1 is 1.32 bits per heavy atom. The molecule has 0 aliphatic carbocycles. The van der Waals surface area contributed by atoms with Crippen molar-refractivity contribution < 1.29 is 24.0 Å². The van der Waals surface area contributed by atoms with Crippen molar-refractivity contribution in [2.75, 3.05) is 6.54 Å². The lowest BCUT2D eigenvalue weighted by molar-refractivity contribution is -0.137. The fraction of sp³-hybridized carbons (Fsp3) is 0.500. The number of carbonyl (C=O) groups excluding carboxylic acids is 2. The molecular weight excluding hydrogens is 256 g/mol. The van der Waals surface area contributed by atoms with E-state index in [4.69, 9.17) is 9.63 Å². The topological polar surface area (TPSA) is 134 Å². The van der Waals surface area contributed by atoms with Crippen LogP contribution in [0.4, 0.5) is 4.79 Å². The van der Waals surface area contributed by atoms with E-state index in [9.17, 15) is 14.4 Å². The Morgan fingerprint density at radius 2 is 2.11 bits per heavy atom. The molecule has 9 heteroatoms. The molecule has 104 valence electrons. The van der Waals surface area contributed by atoms with Crippen molar-refractivity contribution in [1.29, 1.82) is 0 Å². The molecule has 1 rings (SSSR count). The Morgan fingerprint density at radius 3 is 2.74 bits per heavy atom. The van der Waals surface area contributed by atoms with E-state index < -0.39 is 17.9 Å². The highest BCUT2D eigenvalue weighted by atomic mass is 16.5. The summed E-state index contributed by atoms with van der Waals surface area (Å²) in [5, 5.41) is 16.3. The molecule has 19 heavy (non-hydrogen) atoms. The van der Waals surface area contributed by atoms with E-state index in [2.05, 4.69) is 20.8 Å². The maximum atomic E-state index is 11.3. The van der Waals surface area contributed by atoms with Crippen molar-refractivity contribution >= 4 is 17.9 Å². The number of imide groups is 1. The molecule has 0 saturated heterocycles. The van der Waals surface area contributed by atoms with Crippen LogP contribution in [0, 0.1) is 0 Å². The van der Waals surface area contributed by atoms with Crippen LogP contribution in [0.2, 0.25) is 0 Å². The first-order valence-corrected chi connectivity index (χ1v) is 5.63. The van der Waals surface area contributed by atoms with Crippen LogP contribution in [0.15, 0.2) is 10.9 Å². The summed E-state index contributed by atoms with van der Waals surface area (Å²) in [5.74, 6) is -1.11. The van der Waals surface area contributed by atoms with Gasteiger partial charge in [0.1, 0.15) is 0 Å². The third-order valence-electron chi connectivity index (χ3n) is 2.08. The molecule has 0 aliphatic heterocycles. The highest BCUT2D eigenvalue weighted by Crippen LogP contribution is 1.95. The van der Waals surface area contributed by atoms with Gasteiger partial charge in [0.2, 0.25) is 11.8 Å². The number of urea groups is 1. The summed E-state index contributed by atoms with van der Waals surface area (Å²) in [7, 11) is 0. The highest BCUT2D eigenvalue weighted by Gasteiger charge is 2.08. The second kappa shape index (κ2) is 7.80. The predicted molar refractivity (Wildman–Crippen MR) is 61.0 cm³/mol. The molecule has 0 fully saturated rings. The number of hydrogen-bond donors (Lipinski definition) is 3. The van der Waals surface area contributed by atoms with Crippen LogP contribution in [-0.4, -0.2) is 39.7 Å². The fourth-order valence-corrected chi connectivity index (χ4v) is 1.22. The minimum Gasteiger partial charge on any atom is -0.481 e. The maximum absolute atomic E-state index is 11.3. The van der Waals surface area contributed by atoms with E-state index in [1.807, 2.05) is 0 Å². The molecule has 0 aliphatic rings. The van der Waals surface area contributed by atoms with Crippen LogP contribution < -0.4 is 10.6 Å². The van der Waals surface area contributed by atoms with Crippen molar-refractivity contribution in [2.45, 2.75) is 25.7 Å². The monoisotopic (exact) mass is 270 g/mol. The fourth-order valence-electron chi connectivity index (χ4n) is 1.22. The number of carbonyl (C=O) groups is 3. The van der Waals surface area contributed by atoms with Gasteiger partial charge in [-0.3, -0.25) is 14.9 Å². The summed E-state index contributed by atoms with van der Waals surface area (Å²) in [4.78, 5) is 36.5. The third kappa shape index (κ3) is 6.76. The Balaban J connectivity index is 2.09. The first kappa shape index (κ1) is 14.6. The molecule has 0 bridgehead atoms. The molecule has 9 nitrogen and oxygen atoms in total. The van der Waals surface area contributed by atoms with Crippen LogP contribution >= 0.6 is 0 Å². The van der Waals surface area contributed by atoms with Crippen molar-refractivity contribution in [1.82, 2.24) is 20.8 Å². The van der Waals surface area contributed by atoms with E-state index >= 15 is 0 Å². The molecule has 0 atom stereocenters. The smallest absolute Gasteiger partial charge is 0.321 e. The summed E-state index contributed by atoms with van der Waals surface area (Å²) in [6.07, 6.45) is 1.69. The lowest BCUT2D eigenvalue weighted by Gasteiger charge is -2.04. The number of rotatable bonds is 7. The van der Waals surface area contributed by atoms with Gasteiger partial charge in [-0.15, -0.1) is 0 Å². The van der Waals surface area contributed by atoms with Gasteiger partial charge in [-0.1, -0.05) is 5.16 Å². The van der Waals surface area contributed by atoms with Gasteiger partial charge in [0.15, 0.2) is 6.33 Å². The minimum atomic E-state index is -0.975. The zero-order chi connectivity index (χ0) is 14.1. The van der Waals surface area contributed by atoms with Crippen LogP contribution in [0.1, 0.15) is 25.2 Å². The van der Waals surface area contributed by atoms with Crippen LogP contribution in [0.5, 0.6) is 0 Å². The lowest BCUT2D eigenvalue weighted by Crippen LogP contribution is -2.40. The molecular formula is C10H14N4O5. The SMILES string of the molecule is O=C(O)CCCC(=O)NC(=O)NCCc1ncno1. The summed E-state index contributed by atoms with van der Waals surface area (Å²) >= 11 is 0. The Bertz CT molecular complexity index is 431. The summed E-state index contributed by atoms with van der Waals surface area (Å²) in [6, 6.07) is -0.639. The van der Waals surface area contributed by atoms with Gasteiger partial charge in [-0.05, 0) is 6.42 Å². The van der Waals surface area contributed by atoms with Crippen molar-refractivity contribution in [2.24, 2.45) is 0 Å². The molecule has 1 aromatic heterocycles. The third-order valence-corrected chi connectivity index (χ3v) is 2.08. The van der Waals surface area contributed by atoms with E-state index in [0.29, 0.717) is 12.3 Å². The number of aliphatic carboxylic acids is 1. The van der Waals surface area contributed by atoms with E-state index in [-0.39, 0.29) is 25.8 Å². The van der Waals surface area contributed by atoms with Gasteiger partial charge in [-0.2, -0.15) is 4.98 Å². The zero-order valence-electron chi connectivity index (χ0n) is 10.1. The maximum Gasteiger partial charge on any atom is 0.321 e. The number of carboxylic acids is 1. The number of amides is 3. The molecule has 0 saturated carbocycles. The lowest BCUT2D eigenvalue weighted by atomic mass is 10.2. The van der Waals surface area contributed by atoms with Crippen LogP contribution in [0.3, 0.4) is 0 Å². The van der Waals surface area contributed by atoms with E-state index in [0.717, 1.165) is 0 Å². The second-order valence-corrected chi connectivity index (χ2v) is 3.64. The first-order chi connectivity index (χ1) is 9.08. The molecule has 3 N–H and O–H groups in total. The zero-order valence-corrected chi connectivity index (χ0v) is 10.1. The number of carboxylic acid groups (broad SMARTS) is 1. The predicted octanol–water partition coefficient (Wildman–Crippen LogP) is -0.307.